The van der Waals surface area contributed by atoms with Crippen molar-refractivity contribution in [3.8, 4) is 0 Å². The van der Waals surface area contributed by atoms with Crippen molar-refractivity contribution < 1.29 is 0 Å². The number of rotatable bonds is 2. The van der Waals surface area contributed by atoms with Crippen molar-refractivity contribution >= 4 is 34.0 Å². The lowest BCUT2D eigenvalue weighted by Crippen LogP contribution is -2.43. The Labute approximate surface area is 159 Å². The molecule has 4 nitrogen and oxygen atoms in total. The van der Waals surface area contributed by atoms with Crippen molar-refractivity contribution in [3.63, 3.8) is 0 Å². The van der Waals surface area contributed by atoms with Crippen LogP contribution in [0.15, 0.2) is 87.8 Å². The highest BCUT2D eigenvalue weighted by molar-refractivity contribution is 6.48. The van der Waals surface area contributed by atoms with Gasteiger partial charge in [-0.3, -0.25) is 0 Å². The molecule has 0 atom stereocenters. The zero-order valence-electron chi connectivity index (χ0n) is 15.8. The predicted octanol–water partition coefficient (Wildman–Crippen LogP) is 5.12. The fourth-order valence-electron chi connectivity index (χ4n) is 2.93. The van der Waals surface area contributed by atoms with E-state index in [1.165, 1.54) is 10.8 Å². The molecule has 0 radical (unpaired) electrons. The minimum Gasteiger partial charge on any atom is -0.362 e. The third-order valence-corrected chi connectivity index (χ3v) is 4.13. The molecular formula is C23H22N4. The topological polar surface area (TPSA) is 49.1 Å². The van der Waals surface area contributed by atoms with Gasteiger partial charge in [-0.1, -0.05) is 54.6 Å². The van der Waals surface area contributed by atoms with Gasteiger partial charge < -0.3 is 5.32 Å². The van der Waals surface area contributed by atoms with Crippen LogP contribution in [-0.2, 0) is 0 Å². The molecule has 4 heteroatoms. The Kier molecular flexibility index (Phi) is 4.32. The molecule has 1 aliphatic heterocycles. The van der Waals surface area contributed by atoms with Crippen LogP contribution in [0.25, 0.3) is 10.8 Å². The smallest absolute Gasteiger partial charge is 0.198 e. The summed E-state index contributed by atoms with van der Waals surface area (Å²) in [5.74, 6) is 2.00. The molecule has 0 fully saturated rings. The molecule has 1 N–H and O–H groups in total. The first kappa shape index (κ1) is 17.2. The minimum atomic E-state index is -0.134. The summed E-state index contributed by atoms with van der Waals surface area (Å²) in [7, 11) is 0. The highest BCUT2D eigenvalue weighted by atomic mass is 15.2. The van der Waals surface area contributed by atoms with Crippen molar-refractivity contribution in [1.29, 1.82) is 0 Å². The molecule has 27 heavy (non-hydrogen) atoms. The number of fused-ring (bicyclic) bond motifs is 1. The summed E-state index contributed by atoms with van der Waals surface area (Å²) in [6.45, 7) is 6.30. The number of nitrogens with zero attached hydrogens (tertiary/aromatic N) is 3. The number of hydrogen-bond acceptors (Lipinski definition) is 3. The van der Waals surface area contributed by atoms with E-state index in [0.29, 0.717) is 17.5 Å². The lowest BCUT2D eigenvalue weighted by Gasteiger charge is -2.21. The molecule has 3 aromatic rings. The molecular weight excluding hydrogens is 332 g/mol. The number of amidine groups is 3. The summed E-state index contributed by atoms with van der Waals surface area (Å²) < 4.78 is 0. The molecule has 0 aromatic heterocycles. The Morgan fingerprint density at radius 3 is 2.22 bits per heavy atom. The lowest BCUT2D eigenvalue weighted by atomic mass is 10.1. The minimum absolute atomic E-state index is 0.134. The number of para-hydroxylation sites is 1. The number of benzene rings is 3. The third kappa shape index (κ3) is 3.95. The maximum absolute atomic E-state index is 4.75. The van der Waals surface area contributed by atoms with Gasteiger partial charge in [0.05, 0.1) is 5.69 Å². The summed E-state index contributed by atoms with van der Waals surface area (Å²) in [4.78, 5) is 14.2. The van der Waals surface area contributed by atoms with Crippen LogP contribution in [0.5, 0.6) is 0 Å². The molecule has 4 rings (SSSR count). The van der Waals surface area contributed by atoms with Gasteiger partial charge in [-0.05, 0) is 49.7 Å². The van der Waals surface area contributed by atoms with Gasteiger partial charge in [-0.2, -0.15) is 0 Å². The zero-order valence-corrected chi connectivity index (χ0v) is 15.8. The van der Waals surface area contributed by atoms with Gasteiger partial charge in [0.2, 0.25) is 0 Å². The van der Waals surface area contributed by atoms with Crippen LogP contribution in [0.2, 0.25) is 0 Å². The van der Waals surface area contributed by atoms with Gasteiger partial charge >= 0.3 is 0 Å². The van der Waals surface area contributed by atoms with E-state index in [0.717, 1.165) is 11.3 Å². The molecule has 0 saturated carbocycles. The van der Waals surface area contributed by atoms with Crippen LogP contribution < -0.4 is 5.32 Å². The predicted molar refractivity (Wildman–Crippen MR) is 114 cm³/mol. The highest BCUT2D eigenvalue weighted by Crippen LogP contribution is 2.20. The molecule has 0 amide bonds. The summed E-state index contributed by atoms with van der Waals surface area (Å²) in [5.41, 5.74) is 1.71. The van der Waals surface area contributed by atoms with Crippen molar-refractivity contribution in [2.45, 2.75) is 26.3 Å². The molecule has 3 aromatic carbocycles. The van der Waals surface area contributed by atoms with E-state index in [1.54, 1.807) is 0 Å². The third-order valence-electron chi connectivity index (χ3n) is 4.13. The Morgan fingerprint density at radius 2 is 1.48 bits per heavy atom. The van der Waals surface area contributed by atoms with E-state index in [1.807, 2.05) is 42.5 Å². The highest BCUT2D eigenvalue weighted by Gasteiger charge is 2.23. The normalized spacial score (nSPS) is 15.7. The first-order valence-corrected chi connectivity index (χ1v) is 9.07. The Hall–Kier alpha value is -3.27. The van der Waals surface area contributed by atoms with Gasteiger partial charge in [0.1, 0.15) is 0 Å². The average Bonchev–Trinajstić information content (AvgIpc) is 3.03. The van der Waals surface area contributed by atoms with Crippen molar-refractivity contribution in [2.75, 3.05) is 0 Å². The van der Waals surface area contributed by atoms with Crippen LogP contribution in [0.3, 0.4) is 0 Å². The van der Waals surface area contributed by atoms with Crippen LogP contribution in [0.1, 0.15) is 26.3 Å². The van der Waals surface area contributed by atoms with E-state index in [-0.39, 0.29) is 5.54 Å². The number of aliphatic imine (C=N–C) groups is 3. The van der Waals surface area contributed by atoms with E-state index in [4.69, 9.17) is 15.0 Å². The van der Waals surface area contributed by atoms with E-state index in [9.17, 15) is 0 Å². The van der Waals surface area contributed by atoms with Crippen molar-refractivity contribution in [3.05, 3.63) is 78.4 Å². The molecule has 1 aliphatic rings. The summed E-state index contributed by atoms with van der Waals surface area (Å²) in [6, 6.07) is 24.4. The molecule has 0 spiro atoms. The molecule has 0 saturated heterocycles. The molecule has 134 valence electrons. The van der Waals surface area contributed by atoms with Crippen LogP contribution >= 0.6 is 0 Å². The molecule has 1 heterocycles. The fraction of sp³-hybridized carbons (Fsp3) is 0.174. The monoisotopic (exact) mass is 354 g/mol. The molecule has 0 bridgehead atoms. The van der Waals surface area contributed by atoms with Gasteiger partial charge in [0.25, 0.3) is 0 Å². The Balaban J connectivity index is 1.76. The SMILES string of the molecule is CC(C)(C)NC1=NC(c2ccc3ccccc3c2)=N/C1=N\c1ccccc1. The number of nitrogens with one attached hydrogen (secondary N) is 1. The van der Waals surface area contributed by atoms with Gasteiger partial charge in [0.15, 0.2) is 17.5 Å². The van der Waals surface area contributed by atoms with Crippen LogP contribution in [-0.4, -0.2) is 23.0 Å². The van der Waals surface area contributed by atoms with Gasteiger partial charge in [-0.25, -0.2) is 15.0 Å². The average molecular weight is 354 g/mol. The van der Waals surface area contributed by atoms with Crippen molar-refractivity contribution in [1.82, 2.24) is 5.32 Å². The first-order chi connectivity index (χ1) is 13.0. The summed E-state index contributed by atoms with van der Waals surface area (Å²) >= 11 is 0. The van der Waals surface area contributed by atoms with Crippen LogP contribution in [0.4, 0.5) is 5.69 Å². The van der Waals surface area contributed by atoms with Gasteiger partial charge in [-0.15, -0.1) is 0 Å². The maximum atomic E-state index is 4.75. The Morgan fingerprint density at radius 1 is 0.778 bits per heavy atom. The second-order valence-electron chi connectivity index (χ2n) is 7.60. The fourth-order valence-corrected chi connectivity index (χ4v) is 2.93. The number of hydrogen-bond donors (Lipinski definition) is 1. The second-order valence-corrected chi connectivity index (χ2v) is 7.60. The van der Waals surface area contributed by atoms with E-state index in [2.05, 4.69) is 56.4 Å². The second kappa shape index (κ2) is 6.80. The van der Waals surface area contributed by atoms with Crippen LogP contribution in [0, 0.1) is 0 Å². The largest absolute Gasteiger partial charge is 0.362 e. The van der Waals surface area contributed by atoms with Crippen molar-refractivity contribution in [2.24, 2.45) is 15.0 Å². The van der Waals surface area contributed by atoms with E-state index >= 15 is 0 Å². The lowest BCUT2D eigenvalue weighted by molar-refractivity contribution is 0.514. The quantitative estimate of drug-likeness (QED) is 0.682. The zero-order chi connectivity index (χ0) is 18.9. The summed E-state index contributed by atoms with van der Waals surface area (Å²) in [5, 5.41) is 5.81. The maximum Gasteiger partial charge on any atom is 0.198 e. The van der Waals surface area contributed by atoms with E-state index < -0.39 is 0 Å². The molecule has 0 unspecified atom stereocenters. The molecule has 0 aliphatic carbocycles. The first-order valence-electron chi connectivity index (χ1n) is 9.07. The van der Waals surface area contributed by atoms with Gasteiger partial charge in [0, 0.05) is 11.1 Å². The Bertz CT molecular complexity index is 1070. The standard InChI is InChI=1S/C23H22N4/c1-23(2,3)27-22-21(24-19-11-5-4-6-12-19)25-20(26-22)18-14-13-16-9-7-8-10-17(16)15-18/h4-15H,1-3H3,(H,24,25,26,27). The summed E-state index contributed by atoms with van der Waals surface area (Å²) in [6.07, 6.45) is 0.